The molecule has 0 atom stereocenters. The van der Waals surface area contributed by atoms with Gasteiger partial charge in [0.25, 0.3) is 11.8 Å². The van der Waals surface area contributed by atoms with Gasteiger partial charge in [-0.1, -0.05) is 25.3 Å². The molecule has 0 bridgehead atoms. The van der Waals surface area contributed by atoms with Gasteiger partial charge < -0.3 is 9.47 Å². The Bertz CT molecular complexity index is 966. The minimum atomic E-state index is -0.465. The number of amides is 4. The molecule has 0 aliphatic heterocycles. The molecular formula is C26H30N4O6. The molecule has 0 saturated heterocycles. The minimum Gasteiger partial charge on any atom is -0.490 e. The number of benzene rings is 2. The van der Waals surface area contributed by atoms with Crippen molar-refractivity contribution in [2.75, 3.05) is 13.2 Å². The lowest BCUT2D eigenvalue weighted by Gasteiger charge is -2.09. The molecule has 0 unspecified atom stereocenters. The fourth-order valence-corrected chi connectivity index (χ4v) is 2.81. The van der Waals surface area contributed by atoms with Crippen LogP contribution in [0.1, 0.15) is 46.4 Å². The van der Waals surface area contributed by atoms with Crippen LogP contribution in [0.4, 0.5) is 0 Å². The van der Waals surface area contributed by atoms with Crippen molar-refractivity contribution in [1.29, 1.82) is 0 Å². The van der Waals surface area contributed by atoms with Crippen LogP contribution in [0.2, 0.25) is 0 Å². The van der Waals surface area contributed by atoms with Crippen molar-refractivity contribution in [3.8, 4) is 11.5 Å². The van der Waals surface area contributed by atoms with Gasteiger partial charge in [0, 0.05) is 24.0 Å². The molecule has 0 fully saturated rings. The van der Waals surface area contributed by atoms with Crippen LogP contribution in [0.15, 0.2) is 73.8 Å². The molecule has 2 rings (SSSR count). The minimum absolute atomic E-state index is 0.120. The first-order valence-corrected chi connectivity index (χ1v) is 11.3. The molecule has 0 radical (unpaired) electrons. The summed E-state index contributed by atoms with van der Waals surface area (Å²) in [6, 6.07) is 12.9. The second-order valence-corrected chi connectivity index (χ2v) is 7.46. The Morgan fingerprint density at radius 1 is 0.611 bits per heavy atom. The molecule has 2 aromatic carbocycles. The van der Waals surface area contributed by atoms with Crippen molar-refractivity contribution in [1.82, 2.24) is 21.7 Å². The van der Waals surface area contributed by atoms with Gasteiger partial charge in [-0.05, 0) is 61.4 Å². The monoisotopic (exact) mass is 494 g/mol. The summed E-state index contributed by atoms with van der Waals surface area (Å²) in [7, 11) is 0. The van der Waals surface area contributed by atoms with Crippen LogP contribution >= 0.6 is 0 Å². The Morgan fingerprint density at radius 3 is 1.31 bits per heavy atom. The van der Waals surface area contributed by atoms with Gasteiger partial charge >= 0.3 is 0 Å². The van der Waals surface area contributed by atoms with Gasteiger partial charge in [-0.3, -0.25) is 40.9 Å². The van der Waals surface area contributed by atoms with E-state index in [0.717, 1.165) is 0 Å². The summed E-state index contributed by atoms with van der Waals surface area (Å²) in [5, 5.41) is 0. The summed E-state index contributed by atoms with van der Waals surface area (Å²) < 4.78 is 10.7. The molecule has 10 nitrogen and oxygen atoms in total. The average Bonchev–Trinajstić information content (AvgIpc) is 2.91. The number of unbranched alkanes of at least 4 members (excludes halogenated alkanes) is 1. The lowest BCUT2D eigenvalue weighted by molar-refractivity contribution is -0.123. The Morgan fingerprint density at radius 2 is 0.972 bits per heavy atom. The van der Waals surface area contributed by atoms with E-state index in [1.54, 1.807) is 60.7 Å². The Hall–Kier alpha value is -4.60. The molecule has 0 saturated carbocycles. The standard InChI is InChI=1S/C26H30N4O6/c1-3-17-35-21-13-9-19(10-14-21)25(33)29-27-23(31)7-5-6-8-24(32)28-30-26(34)20-11-15-22(16-12-20)36-18-4-2/h3-4,9-16H,1-2,5-8,17-18H2,(H,27,31)(H,28,32)(H,29,33)(H,30,34). The molecule has 0 spiro atoms. The first-order chi connectivity index (χ1) is 17.4. The highest BCUT2D eigenvalue weighted by Gasteiger charge is 2.10. The van der Waals surface area contributed by atoms with Crippen LogP contribution in [0.3, 0.4) is 0 Å². The van der Waals surface area contributed by atoms with Crippen LogP contribution in [0.5, 0.6) is 11.5 Å². The number of carbonyl (C=O) groups is 4. The number of hydrogen-bond acceptors (Lipinski definition) is 6. The van der Waals surface area contributed by atoms with Crippen LogP contribution in [-0.4, -0.2) is 36.8 Å². The average molecular weight is 495 g/mol. The fourth-order valence-electron chi connectivity index (χ4n) is 2.81. The molecular weight excluding hydrogens is 464 g/mol. The number of hydrogen-bond donors (Lipinski definition) is 4. The van der Waals surface area contributed by atoms with Crippen molar-refractivity contribution in [3.05, 3.63) is 85.0 Å². The number of nitrogens with one attached hydrogen (secondary N) is 4. The van der Waals surface area contributed by atoms with E-state index in [1.165, 1.54) is 0 Å². The normalized spacial score (nSPS) is 9.89. The summed E-state index contributed by atoms with van der Waals surface area (Å²) in [5.41, 5.74) is 10.1. The largest absolute Gasteiger partial charge is 0.490 e. The van der Waals surface area contributed by atoms with Crippen molar-refractivity contribution in [3.63, 3.8) is 0 Å². The third kappa shape index (κ3) is 10.1. The molecule has 36 heavy (non-hydrogen) atoms. The van der Waals surface area contributed by atoms with E-state index in [2.05, 4.69) is 34.9 Å². The second-order valence-electron chi connectivity index (χ2n) is 7.46. The van der Waals surface area contributed by atoms with Crippen LogP contribution in [0.25, 0.3) is 0 Å². The maximum atomic E-state index is 12.1. The van der Waals surface area contributed by atoms with Crippen molar-refractivity contribution in [2.45, 2.75) is 25.7 Å². The van der Waals surface area contributed by atoms with Gasteiger partial charge in [-0.2, -0.15) is 0 Å². The highest BCUT2D eigenvalue weighted by Crippen LogP contribution is 2.13. The zero-order valence-corrected chi connectivity index (χ0v) is 19.9. The predicted octanol–water partition coefficient (Wildman–Crippen LogP) is 2.60. The maximum absolute atomic E-state index is 12.1. The third-order valence-electron chi connectivity index (χ3n) is 4.66. The first-order valence-electron chi connectivity index (χ1n) is 11.3. The van der Waals surface area contributed by atoms with E-state index in [0.29, 0.717) is 48.7 Å². The Balaban J connectivity index is 1.58. The quantitative estimate of drug-likeness (QED) is 0.192. The number of rotatable bonds is 13. The summed E-state index contributed by atoms with van der Waals surface area (Å²) in [6.07, 6.45) is 4.31. The van der Waals surface area contributed by atoms with Crippen molar-refractivity contribution >= 4 is 23.6 Å². The van der Waals surface area contributed by atoms with Crippen LogP contribution in [-0.2, 0) is 9.59 Å². The lowest BCUT2D eigenvalue weighted by atomic mass is 10.2. The summed E-state index contributed by atoms with van der Waals surface area (Å²) >= 11 is 0. The molecule has 0 aliphatic rings. The molecule has 2 aromatic rings. The van der Waals surface area contributed by atoms with E-state index in [4.69, 9.17) is 9.47 Å². The second kappa shape index (κ2) is 15.3. The van der Waals surface area contributed by atoms with E-state index in [9.17, 15) is 19.2 Å². The van der Waals surface area contributed by atoms with E-state index < -0.39 is 11.8 Å². The summed E-state index contributed by atoms with van der Waals surface area (Å²) in [4.78, 5) is 48.1. The van der Waals surface area contributed by atoms with Crippen molar-refractivity contribution in [2.24, 2.45) is 0 Å². The van der Waals surface area contributed by atoms with Crippen LogP contribution < -0.4 is 31.2 Å². The van der Waals surface area contributed by atoms with Crippen molar-refractivity contribution < 1.29 is 28.7 Å². The molecule has 10 heteroatoms. The Labute approximate surface area is 209 Å². The van der Waals surface area contributed by atoms with E-state index in [1.807, 2.05) is 0 Å². The zero-order valence-electron chi connectivity index (χ0n) is 19.9. The number of hydrazine groups is 2. The fraction of sp³-hybridized carbons (Fsp3) is 0.231. The van der Waals surface area contributed by atoms with Crippen LogP contribution in [0, 0.1) is 0 Å². The molecule has 0 aromatic heterocycles. The van der Waals surface area contributed by atoms with E-state index >= 15 is 0 Å². The van der Waals surface area contributed by atoms with Gasteiger partial charge in [0.2, 0.25) is 11.8 Å². The molecule has 4 N–H and O–H groups in total. The smallest absolute Gasteiger partial charge is 0.269 e. The highest BCUT2D eigenvalue weighted by molar-refractivity contribution is 5.96. The summed E-state index contributed by atoms with van der Waals surface area (Å²) in [6.45, 7) is 7.84. The van der Waals surface area contributed by atoms with Gasteiger partial charge in [0.1, 0.15) is 24.7 Å². The molecule has 190 valence electrons. The number of ether oxygens (including phenoxy) is 2. The van der Waals surface area contributed by atoms with Gasteiger partial charge in [-0.25, -0.2) is 0 Å². The molecule has 0 heterocycles. The topological polar surface area (TPSA) is 135 Å². The SMILES string of the molecule is C=CCOc1ccc(C(=O)NNC(=O)CCCCC(=O)NNC(=O)c2ccc(OCC=C)cc2)cc1. The Kier molecular flexibility index (Phi) is 11.8. The highest BCUT2D eigenvalue weighted by atomic mass is 16.5. The predicted molar refractivity (Wildman–Crippen MR) is 134 cm³/mol. The first kappa shape index (κ1) is 27.6. The van der Waals surface area contributed by atoms with Gasteiger partial charge in [0.15, 0.2) is 0 Å². The van der Waals surface area contributed by atoms with Gasteiger partial charge in [-0.15, -0.1) is 0 Å². The zero-order chi connectivity index (χ0) is 26.2. The molecule has 4 amide bonds. The van der Waals surface area contributed by atoms with Gasteiger partial charge in [0.05, 0.1) is 0 Å². The maximum Gasteiger partial charge on any atom is 0.269 e. The third-order valence-corrected chi connectivity index (χ3v) is 4.66. The lowest BCUT2D eigenvalue weighted by Crippen LogP contribution is -2.42. The summed E-state index contributed by atoms with van der Waals surface area (Å²) in [5.74, 6) is -0.502. The number of carbonyl (C=O) groups excluding carboxylic acids is 4. The molecule has 0 aliphatic carbocycles. The van der Waals surface area contributed by atoms with E-state index in [-0.39, 0.29) is 24.7 Å².